The van der Waals surface area contributed by atoms with Gasteiger partial charge in [-0.05, 0) is 49.3 Å². The summed E-state index contributed by atoms with van der Waals surface area (Å²) in [6.07, 6.45) is -1.37. The van der Waals surface area contributed by atoms with E-state index in [1.165, 1.54) is 7.11 Å². The number of halogens is 3. The summed E-state index contributed by atoms with van der Waals surface area (Å²) in [4.78, 5) is 12.9. The smallest absolute Gasteiger partial charge is 0.471 e. The number of amides is 1. The number of carbonyl (C=O) groups excluding carboxylic acids is 1. The van der Waals surface area contributed by atoms with Crippen LogP contribution < -0.4 is 4.74 Å². The molecule has 3 atom stereocenters. The first-order valence-electron chi connectivity index (χ1n) is 8.99. The van der Waals surface area contributed by atoms with Gasteiger partial charge in [0.1, 0.15) is 5.75 Å². The summed E-state index contributed by atoms with van der Waals surface area (Å²) in [5.41, 5.74) is -0.493. The topological polar surface area (TPSA) is 49.8 Å². The molecular formula is C19H24F3NO3. The normalized spacial score (nSPS) is 29.2. The molecule has 26 heavy (non-hydrogen) atoms. The summed E-state index contributed by atoms with van der Waals surface area (Å²) in [6.45, 7) is 0.0339. The molecule has 2 fully saturated rings. The molecule has 0 radical (unpaired) electrons. The number of aliphatic hydroxyl groups is 1. The average Bonchev–Trinajstić information content (AvgIpc) is 2.61. The van der Waals surface area contributed by atoms with Crippen molar-refractivity contribution in [3.8, 4) is 5.75 Å². The third-order valence-corrected chi connectivity index (χ3v) is 5.85. The fraction of sp³-hybridized carbons (Fsp3) is 0.632. The van der Waals surface area contributed by atoms with Crippen molar-refractivity contribution in [3.63, 3.8) is 0 Å². The van der Waals surface area contributed by atoms with E-state index in [0.717, 1.165) is 29.7 Å². The van der Waals surface area contributed by atoms with Gasteiger partial charge in [0.15, 0.2) is 0 Å². The number of fused-ring (bicyclic) bond motifs is 1. The zero-order valence-corrected chi connectivity index (χ0v) is 14.8. The average molecular weight is 371 g/mol. The molecule has 0 aromatic heterocycles. The zero-order valence-electron chi connectivity index (χ0n) is 14.8. The molecule has 4 nitrogen and oxygen atoms in total. The highest BCUT2D eigenvalue weighted by Gasteiger charge is 2.55. The Morgan fingerprint density at radius 2 is 1.96 bits per heavy atom. The standard InChI is InChI=1S/C19H24F3NO3/c1-26-15-7-5-13(6-8-15)12-16-18(25)10-3-2-4-14(18)9-11-23(16)17(24)19(20,21)22/h5-8,14,16,25H,2-4,9-12H2,1H3/t14?,16-,18?/m0/s1. The predicted molar refractivity (Wildman–Crippen MR) is 89.8 cm³/mol. The first kappa shape index (κ1) is 19.0. The molecule has 0 spiro atoms. The Morgan fingerprint density at radius 1 is 1.27 bits per heavy atom. The number of alkyl halides is 3. The highest BCUT2D eigenvalue weighted by atomic mass is 19.4. The van der Waals surface area contributed by atoms with Crippen LogP contribution >= 0.6 is 0 Å². The largest absolute Gasteiger partial charge is 0.497 e. The molecule has 1 heterocycles. The Hall–Kier alpha value is -1.76. The molecule has 1 N–H and O–H groups in total. The number of nitrogens with zero attached hydrogens (tertiary/aromatic N) is 1. The molecule has 1 aromatic rings. The van der Waals surface area contributed by atoms with Crippen molar-refractivity contribution < 1.29 is 27.8 Å². The first-order valence-corrected chi connectivity index (χ1v) is 8.99. The maximum atomic E-state index is 13.1. The summed E-state index contributed by atoms with van der Waals surface area (Å²) in [5.74, 6) is -1.26. The Labute approximate surface area is 150 Å². The predicted octanol–water partition coefficient (Wildman–Crippen LogP) is 3.32. The quantitative estimate of drug-likeness (QED) is 0.887. The molecule has 1 saturated carbocycles. The number of hydrogen-bond acceptors (Lipinski definition) is 3. The third kappa shape index (κ3) is 3.54. The van der Waals surface area contributed by atoms with Crippen LogP contribution in [0.25, 0.3) is 0 Å². The molecule has 2 aliphatic rings. The van der Waals surface area contributed by atoms with Crippen LogP contribution in [0.15, 0.2) is 24.3 Å². The minimum absolute atomic E-state index is 0.0339. The number of likely N-dealkylation sites (tertiary alicyclic amines) is 1. The summed E-state index contributed by atoms with van der Waals surface area (Å²) in [6, 6.07) is 6.13. The van der Waals surface area contributed by atoms with E-state index < -0.39 is 23.7 Å². The van der Waals surface area contributed by atoms with E-state index in [1.807, 2.05) is 0 Å². The second-order valence-corrected chi connectivity index (χ2v) is 7.29. The van der Waals surface area contributed by atoms with Crippen LogP contribution in [0.3, 0.4) is 0 Å². The minimum Gasteiger partial charge on any atom is -0.497 e. The van der Waals surface area contributed by atoms with E-state index in [4.69, 9.17) is 4.74 Å². The van der Waals surface area contributed by atoms with Crippen LogP contribution in [-0.2, 0) is 11.2 Å². The zero-order chi connectivity index (χ0) is 18.9. The molecule has 2 unspecified atom stereocenters. The van der Waals surface area contributed by atoms with Crippen molar-refractivity contribution >= 4 is 5.91 Å². The van der Waals surface area contributed by atoms with Crippen LogP contribution in [0, 0.1) is 5.92 Å². The molecule has 1 aliphatic heterocycles. The Morgan fingerprint density at radius 3 is 2.58 bits per heavy atom. The van der Waals surface area contributed by atoms with Crippen LogP contribution in [0.4, 0.5) is 13.2 Å². The summed E-state index contributed by atoms with van der Waals surface area (Å²) in [7, 11) is 1.54. The van der Waals surface area contributed by atoms with Gasteiger partial charge >= 0.3 is 12.1 Å². The number of benzene rings is 1. The molecule has 3 rings (SSSR count). The number of ether oxygens (including phenoxy) is 1. The number of rotatable bonds is 3. The van der Waals surface area contributed by atoms with Gasteiger partial charge < -0.3 is 14.7 Å². The van der Waals surface area contributed by atoms with Crippen molar-refractivity contribution in [2.75, 3.05) is 13.7 Å². The van der Waals surface area contributed by atoms with Gasteiger partial charge in [0.05, 0.1) is 18.8 Å². The highest BCUT2D eigenvalue weighted by molar-refractivity contribution is 5.82. The van der Waals surface area contributed by atoms with Crippen LogP contribution in [0.2, 0.25) is 0 Å². The fourth-order valence-electron chi connectivity index (χ4n) is 4.48. The van der Waals surface area contributed by atoms with Crippen molar-refractivity contribution in [2.45, 2.75) is 56.3 Å². The molecule has 1 amide bonds. The van der Waals surface area contributed by atoms with Gasteiger partial charge in [0.2, 0.25) is 0 Å². The number of carbonyl (C=O) groups is 1. The fourth-order valence-corrected chi connectivity index (χ4v) is 4.48. The molecule has 1 aromatic carbocycles. The Balaban J connectivity index is 1.92. The third-order valence-electron chi connectivity index (χ3n) is 5.85. The number of methoxy groups -OCH3 is 1. The lowest BCUT2D eigenvalue weighted by Crippen LogP contribution is -2.66. The molecular weight excluding hydrogens is 347 g/mol. The van der Waals surface area contributed by atoms with Crippen LogP contribution in [0.1, 0.15) is 37.7 Å². The lowest BCUT2D eigenvalue weighted by molar-refractivity contribution is -0.204. The lowest BCUT2D eigenvalue weighted by atomic mass is 9.66. The molecule has 144 valence electrons. The van der Waals surface area contributed by atoms with Gasteiger partial charge in [-0.25, -0.2) is 0 Å². The van der Waals surface area contributed by atoms with Gasteiger partial charge in [-0.3, -0.25) is 4.79 Å². The maximum absolute atomic E-state index is 13.1. The maximum Gasteiger partial charge on any atom is 0.471 e. The summed E-state index contributed by atoms with van der Waals surface area (Å²) >= 11 is 0. The second-order valence-electron chi connectivity index (χ2n) is 7.29. The number of hydrogen-bond donors (Lipinski definition) is 1. The first-order chi connectivity index (χ1) is 12.3. The van der Waals surface area contributed by atoms with Gasteiger partial charge in [0, 0.05) is 6.54 Å². The van der Waals surface area contributed by atoms with E-state index in [2.05, 4.69) is 0 Å². The Bertz CT molecular complexity index is 646. The summed E-state index contributed by atoms with van der Waals surface area (Å²) in [5, 5.41) is 11.3. The van der Waals surface area contributed by atoms with Gasteiger partial charge in [-0.2, -0.15) is 13.2 Å². The van der Waals surface area contributed by atoms with Crippen molar-refractivity contribution in [2.24, 2.45) is 5.92 Å². The number of piperidine rings is 1. The van der Waals surface area contributed by atoms with E-state index in [9.17, 15) is 23.1 Å². The van der Waals surface area contributed by atoms with Gasteiger partial charge in [-0.1, -0.05) is 25.0 Å². The molecule has 1 saturated heterocycles. The van der Waals surface area contributed by atoms with Crippen molar-refractivity contribution in [3.05, 3.63) is 29.8 Å². The van der Waals surface area contributed by atoms with E-state index in [0.29, 0.717) is 18.6 Å². The highest BCUT2D eigenvalue weighted by Crippen LogP contribution is 2.45. The van der Waals surface area contributed by atoms with Crippen LogP contribution in [0.5, 0.6) is 5.75 Å². The second kappa shape index (κ2) is 7.10. The van der Waals surface area contributed by atoms with E-state index in [1.54, 1.807) is 24.3 Å². The van der Waals surface area contributed by atoms with Gasteiger partial charge in [0.25, 0.3) is 0 Å². The summed E-state index contributed by atoms with van der Waals surface area (Å²) < 4.78 is 44.4. The van der Waals surface area contributed by atoms with Gasteiger partial charge in [-0.15, -0.1) is 0 Å². The van der Waals surface area contributed by atoms with E-state index >= 15 is 0 Å². The Kier molecular flexibility index (Phi) is 5.19. The monoisotopic (exact) mass is 371 g/mol. The minimum atomic E-state index is -4.93. The lowest BCUT2D eigenvalue weighted by Gasteiger charge is -2.53. The molecule has 1 aliphatic carbocycles. The SMILES string of the molecule is COc1ccc(C[C@@H]2N(C(=O)C(F)(F)F)CCC3CCCCC32O)cc1. The molecule has 0 bridgehead atoms. The van der Waals surface area contributed by atoms with Crippen molar-refractivity contribution in [1.82, 2.24) is 4.90 Å². The van der Waals surface area contributed by atoms with Crippen LogP contribution in [-0.4, -0.2) is 47.4 Å². The molecule has 7 heteroatoms. The van der Waals surface area contributed by atoms with Crippen molar-refractivity contribution in [1.29, 1.82) is 0 Å². The van der Waals surface area contributed by atoms with E-state index in [-0.39, 0.29) is 18.9 Å².